The van der Waals surface area contributed by atoms with Crippen molar-refractivity contribution in [1.82, 2.24) is 0 Å². The second-order valence-corrected chi connectivity index (χ2v) is 3.33. The van der Waals surface area contributed by atoms with Gasteiger partial charge in [0.15, 0.2) is 5.78 Å². The van der Waals surface area contributed by atoms with Gasteiger partial charge in [0.1, 0.15) is 0 Å². The fraction of sp³-hybridized carbons (Fsp3) is 0.667. The summed E-state index contributed by atoms with van der Waals surface area (Å²) in [5.41, 5.74) is 0.601. The van der Waals surface area contributed by atoms with Crippen LogP contribution in [0.15, 0.2) is 11.8 Å². The Balaban J connectivity index is 2.80. The van der Waals surface area contributed by atoms with Gasteiger partial charge in [-0.25, -0.2) is 0 Å². The molecule has 0 aromatic carbocycles. The van der Waals surface area contributed by atoms with Crippen molar-refractivity contribution in [1.29, 1.82) is 0 Å². The van der Waals surface area contributed by atoms with Gasteiger partial charge in [0.25, 0.3) is 0 Å². The minimum absolute atomic E-state index is 0.101. The summed E-state index contributed by atoms with van der Waals surface area (Å²) in [5.74, 6) is 0.458. The molecule has 0 aliphatic heterocycles. The van der Waals surface area contributed by atoms with Crippen LogP contribution in [0.4, 0.5) is 0 Å². The summed E-state index contributed by atoms with van der Waals surface area (Å²) in [6, 6.07) is 0. The molecular formula is C9H14O2. The third-order valence-corrected chi connectivity index (χ3v) is 2.43. The monoisotopic (exact) mass is 154 g/mol. The van der Waals surface area contributed by atoms with Crippen molar-refractivity contribution in [2.45, 2.75) is 26.7 Å². The molecule has 1 aliphatic carbocycles. The van der Waals surface area contributed by atoms with Gasteiger partial charge in [-0.1, -0.05) is 13.8 Å². The molecule has 0 heterocycles. The van der Waals surface area contributed by atoms with E-state index in [9.17, 15) is 4.79 Å². The van der Waals surface area contributed by atoms with E-state index in [-0.39, 0.29) is 17.6 Å². The molecule has 2 nitrogen and oxygen atoms in total. The number of hydrogen-bond donors (Lipinski definition) is 1. The average Bonchev–Trinajstić information content (AvgIpc) is 1.99. The van der Waals surface area contributed by atoms with Crippen molar-refractivity contribution in [3.8, 4) is 0 Å². The van der Waals surface area contributed by atoms with Crippen LogP contribution in [0.1, 0.15) is 26.7 Å². The highest BCUT2D eigenvalue weighted by Gasteiger charge is 2.27. The Morgan fingerprint density at radius 1 is 1.36 bits per heavy atom. The topological polar surface area (TPSA) is 37.3 Å². The van der Waals surface area contributed by atoms with E-state index >= 15 is 0 Å². The molecule has 1 rings (SSSR count). The minimum atomic E-state index is 0.101. The lowest BCUT2D eigenvalue weighted by Gasteiger charge is -2.24. The Morgan fingerprint density at radius 2 is 1.91 bits per heavy atom. The van der Waals surface area contributed by atoms with Crippen LogP contribution in [-0.2, 0) is 4.79 Å². The van der Waals surface area contributed by atoms with Crippen LogP contribution in [0, 0.1) is 11.8 Å². The van der Waals surface area contributed by atoms with Crippen molar-refractivity contribution in [2.75, 3.05) is 0 Å². The molecule has 1 N–H and O–H groups in total. The zero-order chi connectivity index (χ0) is 8.43. The van der Waals surface area contributed by atoms with Crippen molar-refractivity contribution in [3.05, 3.63) is 11.8 Å². The maximum atomic E-state index is 11.3. The zero-order valence-corrected chi connectivity index (χ0v) is 7.00. The fourth-order valence-electron chi connectivity index (χ4n) is 1.50. The second-order valence-electron chi connectivity index (χ2n) is 3.33. The molecule has 0 saturated heterocycles. The molecule has 62 valence electrons. The van der Waals surface area contributed by atoms with Crippen LogP contribution >= 0.6 is 0 Å². The Bertz CT molecular complexity index is 194. The van der Waals surface area contributed by atoms with Gasteiger partial charge in [-0.05, 0) is 18.8 Å². The van der Waals surface area contributed by atoms with Gasteiger partial charge in [-0.2, -0.15) is 0 Å². The molecule has 2 unspecified atom stereocenters. The zero-order valence-electron chi connectivity index (χ0n) is 7.00. The molecule has 2 atom stereocenters. The first-order valence-electron chi connectivity index (χ1n) is 4.05. The lowest BCUT2D eigenvalue weighted by atomic mass is 9.79. The molecule has 11 heavy (non-hydrogen) atoms. The quantitative estimate of drug-likeness (QED) is 0.428. The minimum Gasteiger partial charge on any atom is -0.515 e. The van der Waals surface area contributed by atoms with Crippen LogP contribution in [-0.4, -0.2) is 10.9 Å². The average molecular weight is 154 g/mol. The standard InChI is InChI=1S/C9H14O2/c1-6-3-4-7(2)9(11)8(6)5-10/h5-7,10H,3-4H2,1-2H3. The number of carbonyl (C=O) groups excluding carboxylic acids is 1. The van der Waals surface area contributed by atoms with E-state index in [1.54, 1.807) is 0 Å². The van der Waals surface area contributed by atoms with E-state index in [1.807, 2.05) is 13.8 Å². The van der Waals surface area contributed by atoms with Crippen molar-refractivity contribution in [2.24, 2.45) is 11.8 Å². The van der Waals surface area contributed by atoms with E-state index in [4.69, 9.17) is 5.11 Å². The molecule has 1 fully saturated rings. The van der Waals surface area contributed by atoms with Gasteiger partial charge in [0, 0.05) is 11.5 Å². The largest absolute Gasteiger partial charge is 0.515 e. The fourth-order valence-corrected chi connectivity index (χ4v) is 1.50. The van der Waals surface area contributed by atoms with Crippen LogP contribution < -0.4 is 0 Å². The van der Waals surface area contributed by atoms with Crippen molar-refractivity contribution < 1.29 is 9.90 Å². The van der Waals surface area contributed by atoms with Crippen LogP contribution in [0.5, 0.6) is 0 Å². The summed E-state index contributed by atoms with van der Waals surface area (Å²) >= 11 is 0. The maximum absolute atomic E-state index is 11.3. The van der Waals surface area contributed by atoms with Gasteiger partial charge >= 0.3 is 0 Å². The summed E-state index contributed by atoms with van der Waals surface area (Å²) < 4.78 is 0. The van der Waals surface area contributed by atoms with E-state index in [0.29, 0.717) is 5.57 Å². The number of ketones is 1. The molecule has 0 radical (unpaired) electrons. The number of aliphatic hydroxyl groups is 1. The van der Waals surface area contributed by atoms with Crippen molar-refractivity contribution in [3.63, 3.8) is 0 Å². The van der Waals surface area contributed by atoms with Crippen LogP contribution in [0.25, 0.3) is 0 Å². The van der Waals surface area contributed by atoms with Gasteiger partial charge in [0.2, 0.25) is 0 Å². The van der Waals surface area contributed by atoms with Crippen molar-refractivity contribution >= 4 is 5.78 Å². The third kappa shape index (κ3) is 1.44. The molecule has 1 saturated carbocycles. The highest BCUT2D eigenvalue weighted by atomic mass is 16.2. The molecule has 0 aromatic rings. The van der Waals surface area contributed by atoms with E-state index in [1.165, 1.54) is 0 Å². The van der Waals surface area contributed by atoms with Gasteiger partial charge < -0.3 is 5.11 Å². The summed E-state index contributed by atoms with van der Waals surface area (Å²) in [7, 11) is 0. The predicted octanol–water partition coefficient (Wildman–Crippen LogP) is 2.06. The molecule has 2 heteroatoms. The molecular weight excluding hydrogens is 140 g/mol. The van der Waals surface area contributed by atoms with Gasteiger partial charge in [0.05, 0.1) is 6.26 Å². The number of carbonyl (C=O) groups is 1. The Labute approximate surface area is 66.9 Å². The number of aliphatic hydroxyl groups excluding tert-OH is 1. The summed E-state index contributed by atoms with van der Waals surface area (Å²) in [6.45, 7) is 3.89. The number of hydrogen-bond acceptors (Lipinski definition) is 2. The first-order valence-corrected chi connectivity index (χ1v) is 4.05. The lowest BCUT2D eigenvalue weighted by molar-refractivity contribution is -0.120. The SMILES string of the molecule is CC1CCC(C)C(=CO)C1=O. The summed E-state index contributed by atoms with van der Waals surface area (Å²) in [6.07, 6.45) is 2.94. The third-order valence-electron chi connectivity index (χ3n) is 2.43. The van der Waals surface area contributed by atoms with Gasteiger partial charge in [-0.3, -0.25) is 4.79 Å². The first kappa shape index (κ1) is 8.31. The normalized spacial score (nSPS) is 36.2. The van der Waals surface area contributed by atoms with Crippen LogP contribution in [0.3, 0.4) is 0 Å². The summed E-state index contributed by atoms with van der Waals surface area (Å²) in [5, 5.41) is 8.77. The van der Waals surface area contributed by atoms with E-state index < -0.39 is 0 Å². The predicted molar refractivity (Wildman–Crippen MR) is 43.3 cm³/mol. The van der Waals surface area contributed by atoms with E-state index in [2.05, 4.69) is 0 Å². The Kier molecular flexibility index (Phi) is 2.32. The summed E-state index contributed by atoms with van der Waals surface area (Å²) in [4.78, 5) is 11.3. The Morgan fingerprint density at radius 3 is 2.36 bits per heavy atom. The molecule has 0 spiro atoms. The highest BCUT2D eigenvalue weighted by Crippen LogP contribution is 2.29. The lowest BCUT2D eigenvalue weighted by Crippen LogP contribution is -2.24. The van der Waals surface area contributed by atoms with Gasteiger partial charge in [-0.15, -0.1) is 0 Å². The molecule has 0 aromatic heterocycles. The smallest absolute Gasteiger partial charge is 0.164 e. The highest BCUT2D eigenvalue weighted by molar-refractivity contribution is 5.97. The Hall–Kier alpha value is -0.790. The van der Waals surface area contributed by atoms with Crippen LogP contribution in [0.2, 0.25) is 0 Å². The number of allylic oxidation sites excluding steroid dienone is 1. The number of rotatable bonds is 0. The van der Waals surface area contributed by atoms with E-state index in [0.717, 1.165) is 19.1 Å². The maximum Gasteiger partial charge on any atom is 0.164 e. The first-order chi connectivity index (χ1) is 5.16. The second kappa shape index (κ2) is 3.07. The molecule has 0 amide bonds. The number of Topliss-reactive ketones (excluding diaryl/α,β-unsaturated/α-hetero) is 1. The molecule has 0 bridgehead atoms. The molecule has 1 aliphatic rings.